The molecule has 2 aliphatic rings. The molecule has 1 aliphatic carbocycles. The number of amides is 1. The molecule has 0 bridgehead atoms. The molecule has 19 heavy (non-hydrogen) atoms. The van der Waals surface area contributed by atoms with Gasteiger partial charge in [0.15, 0.2) is 0 Å². The van der Waals surface area contributed by atoms with Crippen LogP contribution in [0.1, 0.15) is 51.9 Å². The SMILES string of the molecule is CCCOC1CCCN(C(=O)C2CCC(N)C2)CC1. The zero-order valence-corrected chi connectivity index (χ0v) is 12.1. The molecular weight excluding hydrogens is 240 g/mol. The molecule has 1 heterocycles. The second-order valence-corrected chi connectivity index (χ2v) is 6.02. The zero-order chi connectivity index (χ0) is 13.7. The molecule has 3 atom stereocenters. The van der Waals surface area contributed by atoms with Crippen molar-refractivity contribution in [3.8, 4) is 0 Å². The van der Waals surface area contributed by atoms with E-state index < -0.39 is 0 Å². The van der Waals surface area contributed by atoms with Crippen LogP contribution < -0.4 is 5.73 Å². The van der Waals surface area contributed by atoms with Crippen LogP contribution in [0.2, 0.25) is 0 Å². The number of likely N-dealkylation sites (tertiary alicyclic amines) is 1. The van der Waals surface area contributed by atoms with E-state index in [1.165, 1.54) is 0 Å². The number of ether oxygens (including phenoxy) is 1. The smallest absolute Gasteiger partial charge is 0.225 e. The van der Waals surface area contributed by atoms with Gasteiger partial charge in [-0.3, -0.25) is 4.79 Å². The summed E-state index contributed by atoms with van der Waals surface area (Å²) < 4.78 is 5.82. The highest BCUT2D eigenvalue weighted by Gasteiger charge is 2.31. The van der Waals surface area contributed by atoms with Crippen molar-refractivity contribution in [1.29, 1.82) is 0 Å². The maximum Gasteiger partial charge on any atom is 0.225 e. The summed E-state index contributed by atoms with van der Waals surface area (Å²) in [5.41, 5.74) is 5.91. The average Bonchev–Trinajstić information content (AvgIpc) is 2.71. The molecule has 1 aliphatic heterocycles. The lowest BCUT2D eigenvalue weighted by atomic mass is 10.1. The van der Waals surface area contributed by atoms with Crippen molar-refractivity contribution in [2.24, 2.45) is 11.7 Å². The Bertz CT molecular complexity index is 296. The highest BCUT2D eigenvalue weighted by Crippen LogP contribution is 2.27. The van der Waals surface area contributed by atoms with E-state index in [1.54, 1.807) is 0 Å². The number of nitrogens with two attached hydrogens (primary N) is 1. The standard InChI is InChI=1S/C15H28N2O2/c1-2-10-19-14-4-3-8-17(9-7-14)15(18)12-5-6-13(16)11-12/h12-14H,2-11,16H2,1H3. The number of nitrogens with zero attached hydrogens (tertiary/aromatic N) is 1. The van der Waals surface area contributed by atoms with Gasteiger partial charge in [0.2, 0.25) is 5.91 Å². The van der Waals surface area contributed by atoms with Gasteiger partial charge in [0.1, 0.15) is 0 Å². The minimum absolute atomic E-state index is 0.183. The molecule has 1 saturated carbocycles. The molecule has 3 unspecified atom stereocenters. The Morgan fingerprint density at radius 2 is 2.11 bits per heavy atom. The summed E-state index contributed by atoms with van der Waals surface area (Å²) in [6.45, 7) is 4.74. The maximum absolute atomic E-state index is 12.4. The van der Waals surface area contributed by atoms with Crippen LogP contribution in [-0.2, 0) is 9.53 Å². The molecule has 2 rings (SSSR count). The third kappa shape index (κ3) is 4.18. The first-order valence-corrected chi connectivity index (χ1v) is 7.86. The second kappa shape index (κ2) is 7.25. The van der Waals surface area contributed by atoms with E-state index in [1.807, 2.05) is 0 Å². The number of hydrogen-bond acceptors (Lipinski definition) is 3. The van der Waals surface area contributed by atoms with E-state index in [0.717, 1.165) is 64.6 Å². The summed E-state index contributed by atoms with van der Waals surface area (Å²) in [7, 11) is 0. The normalized spacial score (nSPS) is 32.3. The van der Waals surface area contributed by atoms with Gasteiger partial charge in [0.05, 0.1) is 6.10 Å². The summed E-state index contributed by atoms with van der Waals surface area (Å²) in [5, 5.41) is 0. The lowest BCUT2D eigenvalue weighted by molar-refractivity contribution is -0.135. The van der Waals surface area contributed by atoms with E-state index >= 15 is 0 Å². The van der Waals surface area contributed by atoms with Crippen molar-refractivity contribution in [2.75, 3.05) is 19.7 Å². The van der Waals surface area contributed by atoms with Crippen LogP contribution in [0, 0.1) is 5.92 Å². The Kier molecular flexibility index (Phi) is 5.64. The van der Waals surface area contributed by atoms with Crippen molar-refractivity contribution in [2.45, 2.75) is 64.0 Å². The third-order valence-electron chi connectivity index (χ3n) is 4.37. The van der Waals surface area contributed by atoms with Gasteiger partial charge in [-0.1, -0.05) is 6.92 Å². The number of hydrogen-bond donors (Lipinski definition) is 1. The average molecular weight is 268 g/mol. The molecule has 0 spiro atoms. The van der Waals surface area contributed by atoms with Crippen molar-refractivity contribution in [1.82, 2.24) is 4.90 Å². The summed E-state index contributed by atoms with van der Waals surface area (Å²) in [5.74, 6) is 0.521. The molecule has 1 amide bonds. The minimum atomic E-state index is 0.183. The Morgan fingerprint density at radius 1 is 1.26 bits per heavy atom. The first-order valence-electron chi connectivity index (χ1n) is 7.86. The number of carbonyl (C=O) groups is 1. The van der Waals surface area contributed by atoms with Crippen LogP contribution in [0.4, 0.5) is 0 Å². The van der Waals surface area contributed by atoms with Gasteiger partial charge < -0.3 is 15.4 Å². The van der Waals surface area contributed by atoms with Gasteiger partial charge in [-0.05, 0) is 44.9 Å². The van der Waals surface area contributed by atoms with E-state index in [9.17, 15) is 4.79 Å². The van der Waals surface area contributed by atoms with Crippen molar-refractivity contribution >= 4 is 5.91 Å². The van der Waals surface area contributed by atoms with Gasteiger partial charge in [-0.25, -0.2) is 0 Å². The number of carbonyl (C=O) groups excluding carboxylic acids is 1. The Morgan fingerprint density at radius 3 is 2.79 bits per heavy atom. The van der Waals surface area contributed by atoms with Crippen molar-refractivity contribution in [3.63, 3.8) is 0 Å². The second-order valence-electron chi connectivity index (χ2n) is 6.02. The van der Waals surface area contributed by atoms with Gasteiger partial charge >= 0.3 is 0 Å². The van der Waals surface area contributed by atoms with E-state index in [2.05, 4.69) is 11.8 Å². The number of rotatable bonds is 4. The summed E-state index contributed by atoms with van der Waals surface area (Å²) in [6.07, 6.45) is 7.43. The quantitative estimate of drug-likeness (QED) is 0.847. The predicted octanol–water partition coefficient (Wildman–Crippen LogP) is 1.92. The van der Waals surface area contributed by atoms with Crippen LogP contribution in [0.5, 0.6) is 0 Å². The highest BCUT2D eigenvalue weighted by atomic mass is 16.5. The maximum atomic E-state index is 12.4. The first kappa shape index (κ1) is 14.8. The molecule has 4 nitrogen and oxygen atoms in total. The van der Waals surface area contributed by atoms with Crippen LogP contribution in [0.25, 0.3) is 0 Å². The summed E-state index contributed by atoms with van der Waals surface area (Å²) in [6, 6.07) is 0.238. The van der Waals surface area contributed by atoms with Crippen LogP contribution >= 0.6 is 0 Å². The molecule has 1 saturated heterocycles. The van der Waals surface area contributed by atoms with E-state index in [4.69, 9.17) is 10.5 Å². The lowest BCUT2D eigenvalue weighted by Crippen LogP contribution is -2.36. The van der Waals surface area contributed by atoms with Crippen LogP contribution in [0.3, 0.4) is 0 Å². The van der Waals surface area contributed by atoms with E-state index in [0.29, 0.717) is 12.0 Å². The molecule has 2 N–H and O–H groups in total. The van der Waals surface area contributed by atoms with Crippen LogP contribution in [-0.4, -0.2) is 42.6 Å². The fourth-order valence-corrected chi connectivity index (χ4v) is 3.24. The monoisotopic (exact) mass is 268 g/mol. The van der Waals surface area contributed by atoms with Crippen molar-refractivity contribution in [3.05, 3.63) is 0 Å². The topological polar surface area (TPSA) is 55.6 Å². The molecule has 0 aromatic heterocycles. The Labute approximate surface area is 116 Å². The minimum Gasteiger partial charge on any atom is -0.378 e. The molecular formula is C15H28N2O2. The fraction of sp³-hybridized carbons (Fsp3) is 0.933. The van der Waals surface area contributed by atoms with E-state index in [-0.39, 0.29) is 12.0 Å². The molecule has 110 valence electrons. The summed E-state index contributed by atoms with van der Waals surface area (Å²) in [4.78, 5) is 14.5. The first-order chi connectivity index (χ1) is 9.20. The summed E-state index contributed by atoms with van der Waals surface area (Å²) >= 11 is 0. The molecule has 0 aromatic carbocycles. The van der Waals surface area contributed by atoms with Gasteiger partial charge in [-0.2, -0.15) is 0 Å². The zero-order valence-electron chi connectivity index (χ0n) is 12.1. The Hall–Kier alpha value is -0.610. The largest absolute Gasteiger partial charge is 0.378 e. The lowest BCUT2D eigenvalue weighted by Gasteiger charge is -2.24. The molecule has 0 radical (unpaired) electrons. The Balaban J connectivity index is 1.80. The predicted molar refractivity (Wildman–Crippen MR) is 75.8 cm³/mol. The fourth-order valence-electron chi connectivity index (χ4n) is 3.24. The van der Waals surface area contributed by atoms with Gasteiger partial charge in [0, 0.05) is 31.7 Å². The van der Waals surface area contributed by atoms with Gasteiger partial charge in [-0.15, -0.1) is 0 Å². The third-order valence-corrected chi connectivity index (χ3v) is 4.37. The highest BCUT2D eigenvalue weighted by molar-refractivity contribution is 5.79. The van der Waals surface area contributed by atoms with Crippen LogP contribution in [0.15, 0.2) is 0 Å². The molecule has 4 heteroatoms. The molecule has 2 fully saturated rings. The van der Waals surface area contributed by atoms with Crippen molar-refractivity contribution < 1.29 is 9.53 Å². The molecule has 0 aromatic rings. The van der Waals surface area contributed by atoms with Gasteiger partial charge in [0.25, 0.3) is 0 Å².